The molecule has 0 aliphatic carbocycles. The molecule has 0 aromatic heterocycles. The van der Waals surface area contributed by atoms with E-state index in [0.717, 1.165) is 23.7 Å². The number of ether oxygens (including phenoxy) is 2. The molecule has 0 radical (unpaired) electrons. The van der Waals surface area contributed by atoms with Gasteiger partial charge >= 0.3 is 0 Å². The zero-order valence-corrected chi connectivity index (χ0v) is 14.0. The van der Waals surface area contributed by atoms with Crippen molar-refractivity contribution in [2.45, 2.75) is 25.4 Å². The lowest BCUT2D eigenvalue weighted by molar-refractivity contribution is 0.168. The first-order chi connectivity index (χ1) is 10.2. The Morgan fingerprint density at radius 1 is 1.29 bits per heavy atom. The van der Waals surface area contributed by atoms with Gasteiger partial charge in [0, 0.05) is 24.4 Å². The van der Waals surface area contributed by atoms with Crippen molar-refractivity contribution in [1.82, 2.24) is 4.90 Å². The van der Waals surface area contributed by atoms with Crippen LogP contribution in [0.15, 0.2) is 18.2 Å². The molecule has 1 aromatic rings. The van der Waals surface area contributed by atoms with Crippen LogP contribution in [0.4, 0.5) is 0 Å². The monoisotopic (exact) mass is 310 g/mol. The van der Waals surface area contributed by atoms with Crippen LogP contribution in [0.5, 0.6) is 11.5 Å². The van der Waals surface area contributed by atoms with Crippen molar-refractivity contribution in [2.75, 3.05) is 38.8 Å². The predicted molar refractivity (Wildman–Crippen MR) is 89.5 cm³/mol. The Bertz CT molecular complexity index is 456. The van der Waals surface area contributed by atoms with E-state index in [2.05, 4.69) is 37.3 Å². The first kappa shape index (κ1) is 16.5. The van der Waals surface area contributed by atoms with E-state index < -0.39 is 0 Å². The molecule has 1 aliphatic heterocycles. The molecule has 0 amide bonds. The topological polar surface area (TPSA) is 47.7 Å². The van der Waals surface area contributed by atoms with Gasteiger partial charge in [-0.2, -0.15) is 11.8 Å². The normalized spacial score (nSPS) is 16.8. The summed E-state index contributed by atoms with van der Waals surface area (Å²) < 4.78 is 11.3. The third-order valence-corrected chi connectivity index (χ3v) is 4.79. The summed E-state index contributed by atoms with van der Waals surface area (Å²) in [4.78, 5) is 2.39. The number of rotatable bonds is 7. The lowest BCUT2D eigenvalue weighted by atomic mass is 10.0. The summed E-state index contributed by atoms with van der Waals surface area (Å²) in [5.41, 5.74) is 7.25. The van der Waals surface area contributed by atoms with Crippen LogP contribution in [0.3, 0.4) is 0 Å². The number of hydrogen-bond donors (Lipinski definition) is 1. The number of hydrogen-bond acceptors (Lipinski definition) is 5. The maximum Gasteiger partial charge on any atom is 0.161 e. The Hall–Kier alpha value is -0.910. The van der Waals surface area contributed by atoms with Gasteiger partial charge in [-0.1, -0.05) is 13.0 Å². The molecule has 0 fully saturated rings. The fourth-order valence-corrected chi connectivity index (χ4v) is 3.63. The fraction of sp³-hybridized carbons (Fsp3) is 0.625. The molecule has 1 heterocycles. The lowest BCUT2D eigenvalue weighted by Crippen LogP contribution is -2.39. The Balaban J connectivity index is 2.20. The Morgan fingerprint density at radius 2 is 2.00 bits per heavy atom. The number of likely N-dealkylation sites (N-methyl/N-ethyl adjacent to an activating group) is 1. The second kappa shape index (κ2) is 7.92. The van der Waals surface area contributed by atoms with Crippen molar-refractivity contribution in [3.63, 3.8) is 0 Å². The molecule has 118 valence electrons. The van der Waals surface area contributed by atoms with E-state index in [-0.39, 0.29) is 6.04 Å². The molecule has 1 aliphatic rings. The number of nitrogens with zero attached hydrogens (tertiary/aromatic N) is 1. The van der Waals surface area contributed by atoms with Crippen LogP contribution in [0.1, 0.15) is 24.9 Å². The summed E-state index contributed by atoms with van der Waals surface area (Å²) in [5.74, 6) is 2.79. The number of nitrogens with two attached hydrogens (primary N) is 1. The summed E-state index contributed by atoms with van der Waals surface area (Å²) in [6, 6.07) is 6.91. The smallest absolute Gasteiger partial charge is 0.161 e. The molecule has 21 heavy (non-hydrogen) atoms. The molecule has 0 bridgehead atoms. The van der Waals surface area contributed by atoms with E-state index in [9.17, 15) is 0 Å². The fourth-order valence-electron chi connectivity index (χ4n) is 2.77. The van der Waals surface area contributed by atoms with Gasteiger partial charge in [0.2, 0.25) is 0 Å². The second-order valence-electron chi connectivity index (χ2n) is 5.34. The van der Waals surface area contributed by atoms with Crippen molar-refractivity contribution in [3.8, 4) is 11.5 Å². The first-order valence-corrected chi connectivity index (χ1v) is 8.91. The van der Waals surface area contributed by atoms with E-state index in [0.29, 0.717) is 25.8 Å². The Morgan fingerprint density at radius 3 is 2.62 bits per heavy atom. The molecule has 5 heteroatoms. The van der Waals surface area contributed by atoms with E-state index in [1.807, 2.05) is 17.8 Å². The average Bonchev–Trinajstić information content (AvgIpc) is 2.53. The highest BCUT2D eigenvalue weighted by atomic mass is 32.2. The van der Waals surface area contributed by atoms with Crippen LogP contribution in [0.2, 0.25) is 0 Å². The van der Waals surface area contributed by atoms with Crippen molar-refractivity contribution >= 4 is 11.8 Å². The van der Waals surface area contributed by atoms with Crippen molar-refractivity contribution in [2.24, 2.45) is 5.73 Å². The van der Waals surface area contributed by atoms with E-state index in [1.165, 1.54) is 5.56 Å². The maximum absolute atomic E-state index is 6.05. The zero-order chi connectivity index (χ0) is 15.2. The van der Waals surface area contributed by atoms with Crippen LogP contribution in [0.25, 0.3) is 0 Å². The van der Waals surface area contributed by atoms with Gasteiger partial charge in [0.05, 0.1) is 0 Å². The lowest BCUT2D eigenvalue weighted by Gasteiger charge is -2.34. The molecular weight excluding hydrogens is 284 g/mol. The SMILES string of the molecule is CCC(CSC)N(C)C(CN)c1ccc2c(c1)OCCO2. The van der Waals surface area contributed by atoms with Gasteiger partial charge in [-0.15, -0.1) is 0 Å². The largest absolute Gasteiger partial charge is 0.486 e. The molecular formula is C16H26N2O2S. The van der Waals surface area contributed by atoms with Crippen LogP contribution in [0, 0.1) is 0 Å². The van der Waals surface area contributed by atoms with Crippen LogP contribution >= 0.6 is 11.8 Å². The first-order valence-electron chi connectivity index (χ1n) is 7.51. The molecule has 2 atom stereocenters. The van der Waals surface area contributed by atoms with Crippen molar-refractivity contribution < 1.29 is 9.47 Å². The van der Waals surface area contributed by atoms with Gasteiger partial charge in [0.25, 0.3) is 0 Å². The number of benzene rings is 1. The molecule has 2 rings (SSSR count). The minimum absolute atomic E-state index is 0.206. The summed E-state index contributed by atoms with van der Waals surface area (Å²) in [5, 5.41) is 0. The van der Waals surface area contributed by atoms with Gasteiger partial charge < -0.3 is 15.2 Å². The second-order valence-corrected chi connectivity index (χ2v) is 6.25. The molecule has 1 aromatic carbocycles. The molecule has 0 spiro atoms. The third-order valence-electron chi connectivity index (χ3n) is 4.07. The minimum atomic E-state index is 0.206. The molecule has 2 N–H and O–H groups in total. The van der Waals surface area contributed by atoms with Gasteiger partial charge in [-0.3, -0.25) is 4.90 Å². The summed E-state index contributed by atoms with van der Waals surface area (Å²) in [6.45, 7) is 4.07. The van der Waals surface area contributed by atoms with E-state index in [1.54, 1.807) is 0 Å². The van der Waals surface area contributed by atoms with E-state index in [4.69, 9.17) is 15.2 Å². The van der Waals surface area contributed by atoms with Crippen molar-refractivity contribution in [1.29, 1.82) is 0 Å². The molecule has 0 saturated carbocycles. The van der Waals surface area contributed by atoms with Gasteiger partial charge in [-0.25, -0.2) is 0 Å². The molecule has 2 unspecified atom stereocenters. The van der Waals surface area contributed by atoms with Crippen molar-refractivity contribution in [3.05, 3.63) is 23.8 Å². The summed E-state index contributed by atoms with van der Waals surface area (Å²) in [6.07, 6.45) is 3.27. The van der Waals surface area contributed by atoms with E-state index >= 15 is 0 Å². The highest BCUT2D eigenvalue weighted by molar-refractivity contribution is 7.98. The highest BCUT2D eigenvalue weighted by Gasteiger charge is 2.23. The van der Waals surface area contributed by atoms with Crippen LogP contribution < -0.4 is 15.2 Å². The highest BCUT2D eigenvalue weighted by Crippen LogP contribution is 2.34. The van der Waals surface area contributed by atoms with Crippen LogP contribution in [-0.2, 0) is 0 Å². The number of fused-ring (bicyclic) bond motifs is 1. The zero-order valence-electron chi connectivity index (χ0n) is 13.2. The van der Waals surface area contributed by atoms with Gasteiger partial charge in [0.1, 0.15) is 13.2 Å². The molecule has 0 saturated heterocycles. The predicted octanol–water partition coefficient (Wildman–Crippen LogP) is 2.53. The maximum atomic E-state index is 6.05. The van der Waals surface area contributed by atoms with Crippen LogP contribution in [-0.4, -0.2) is 49.8 Å². The quantitative estimate of drug-likeness (QED) is 0.838. The van der Waals surface area contributed by atoms with Gasteiger partial charge in [-0.05, 0) is 37.4 Å². The Kier molecular flexibility index (Phi) is 6.21. The standard InChI is InChI=1S/C16H26N2O2S/c1-4-13(11-21-3)18(2)14(10-17)12-5-6-15-16(9-12)20-8-7-19-15/h5-6,9,13-14H,4,7-8,10-11,17H2,1-3H3. The third kappa shape index (κ3) is 3.84. The minimum Gasteiger partial charge on any atom is -0.486 e. The average molecular weight is 310 g/mol. The summed E-state index contributed by atoms with van der Waals surface area (Å²) >= 11 is 1.88. The molecule has 4 nitrogen and oxygen atoms in total. The van der Waals surface area contributed by atoms with Gasteiger partial charge in [0.15, 0.2) is 11.5 Å². The Labute approximate surface area is 132 Å². The number of thioether (sulfide) groups is 1. The summed E-state index contributed by atoms with van der Waals surface area (Å²) in [7, 11) is 2.17.